The van der Waals surface area contributed by atoms with E-state index in [1.807, 2.05) is 12.1 Å². The Morgan fingerprint density at radius 3 is 1.84 bits per heavy atom. The largest absolute Gasteiger partial charge is 0.0719 e. The van der Waals surface area contributed by atoms with Gasteiger partial charge in [-0.1, -0.05) is 97.1 Å². The minimum atomic E-state index is -0.341. The Morgan fingerprint density at radius 2 is 1.16 bits per heavy atom. The number of fused-ring (bicyclic) bond motifs is 3. The molecule has 116 valence electrons. The fourth-order valence-corrected chi connectivity index (χ4v) is 4.20. The summed E-state index contributed by atoms with van der Waals surface area (Å²) >= 11 is 0. The third-order valence-corrected chi connectivity index (χ3v) is 5.17. The lowest BCUT2D eigenvalue weighted by Crippen LogP contribution is -2.28. The summed E-state index contributed by atoms with van der Waals surface area (Å²) in [5.41, 5.74) is 7.10. The Kier molecular flexibility index (Phi) is 3.11. The fraction of sp³-hybridized carbons (Fsp3) is 0.0400. The topological polar surface area (TPSA) is 0 Å². The van der Waals surface area contributed by atoms with Crippen LogP contribution in [-0.4, -0.2) is 0 Å². The van der Waals surface area contributed by atoms with E-state index >= 15 is 0 Å². The molecule has 0 atom stereocenters. The number of hydrogen-bond acceptors (Lipinski definition) is 0. The van der Waals surface area contributed by atoms with Crippen molar-refractivity contribution in [3.05, 3.63) is 131 Å². The van der Waals surface area contributed by atoms with Crippen molar-refractivity contribution in [3.8, 4) is 11.1 Å². The summed E-state index contributed by atoms with van der Waals surface area (Å²) in [6, 6.07) is 41.2. The highest BCUT2D eigenvalue weighted by Gasteiger charge is 2.45. The van der Waals surface area contributed by atoms with E-state index in [2.05, 4.69) is 97.1 Å². The third kappa shape index (κ3) is 1.88. The minimum absolute atomic E-state index is 0.341. The average Bonchev–Trinajstić information content (AvgIpc) is 3.01. The maximum atomic E-state index is 3.56. The zero-order chi connectivity index (χ0) is 16.7. The molecule has 4 aromatic carbocycles. The molecule has 0 bridgehead atoms. The highest BCUT2D eigenvalue weighted by Crippen LogP contribution is 2.55. The monoisotopic (exact) mass is 316 g/mol. The summed E-state index contributed by atoms with van der Waals surface area (Å²) < 4.78 is 0. The van der Waals surface area contributed by atoms with Crippen LogP contribution in [0.4, 0.5) is 0 Å². The smallest absolute Gasteiger partial charge is 0.0622 e. The fourth-order valence-electron chi connectivity index (χ4n) is 4.20. The van der Waals surface area contributed by atoms with Crippen molar-refractivity contribution in [2.45, 2.75) is 5.41 Å². The van der Waals surface area contributed by atoms with Crippen LogP contribution in [0.5, 0.6) is 0 Å². The molecule has 0 spiro atoms. The molecule has 0 saturated heterocycles. The molecule has 0 heterocycles. The highest BCUT2D eigenvalue weighted by atomic mass is 14.5. The minimum Gasteiger partial charge on any atom is -0.0622 e. The summed E-state index contributed by atoms with van der Waals surface area (Å²) in [5, 5.41) is 0. The average molecular weight is 316 g/mol. The van der Waals surface area contributed by atoms with Crippen LogP contribution < -0.4 is 0 Å². The van der Waals surface area contributed by atoms with Gasteiger partial charge < -0.3 is 0 Å². The molecule has 0 N–H and O–H groups in total. The second-order valence-corrected chi connectivity index (χ2v) is 6.40. The van der Waals surface area contributed by atoms with Crippen molar-refractivity contribution >= 4 is 0 Å². The van der Waals surface area contributed by atoms with Gasteiger partial charge in [0, 0.05) is 0 Å². The molecule has 1 aliphatic rings. The van der Waals surface area contributed by atoms with Crippen molar-refractivity contribution in [2.24, 2.45) is 0 Å². The van der Waals surface area contributed by atoms with Crippen molar-refractivity contribution < 1.29 is 0 Å². The van der Waals surface area contributed by atoms with Gasteiger partial charge in [-0.05, 0) is 45.5 Å². The summed E-state index contributed by atoms with van der Waals surface area (Å²) in [6.07, 6.45) is 0. The Bertz CT molecular complexity index is 943. The van der Waals surface area contributed by atoms with Crippen LogP contribution in [0.25, 0.3) is 11.1 Å². The lowest BCUT2D eigenvalue weighted by molar-refractivity contribution is 0.767. The molecule has 0 aliphatic heterocycles. The molecule has 0 saturated carbocycles. The molecule has 1 aliphatic carbocycles. The van der Waals surface area contributed by atoms with Crippen molar-refractivity contribution in [1.29, 1.82) is 0 Å². The lowest BCUT2D eigenvalue weighted by Gasteiger charge is -2.33. The van der Waals surface area contributed by atoms with Gasteiger partial charge in [0.1, 0.15) is 0 Å². The molecule has 0 aromatic heterocycles. The number of rotatable bonds is 2. The van der Waals surface area contributed by atoms with Gasteiger partial charge in [-0.25, -0.2) is 0 Å². The van der Waals surface area contributed by atoms with Crippen LogP contribution in [0, 0.1) is 12.1 Å². The Labute approximate surface area is 148 Å². The van der Waals surface area contributed by atoms with E-state index in [4.69, 9.17) is 0 Å². The zero-order valence-corrected chi connectivity index (χ0v) is 13.7. The van der Waals surface area contributed by atoms with Crippen LogP contribution in [0.3, 0.4) is 0 Å². The molecular formula is C25H16. The zero-order valence-electron chi connectivity index (χ0n) is 13.7. The van der Waals surface area contributed by atoms with Gasteiger partial charge in [0.2, 0.25) is 0 Å². The second-order valence-electron chi connectivity index (χ2n) is 6.40. The molecule has 0 fully saturated rings. The van der Waals surface area contributed by atoms with Crippen LogP contribution >= 0.6 is 0 Å². The van der Waals surface area contributed by atoms with Crippen LogP contribution in [0.15, 0.2) is 97.1 Å². The molecule has 0 unspecified atom stereocenters. The highest BCUT2D eigenvalue weighted by molar-refractivity contribution is 5.85. The predicted octanol–water partition coefficient (Wildman–Crippen LogP) is 5.65. The van der Waals surface area contributed by atoms with E-state index in [0.717, 1.165) is 0 Å². The van der Waals surface area contributed by atoms with E-state index < -0.39 is 0 Å². The van der Waals surface area contributed by atoms with Gasteiger partial charge in [0.05, 0.1) is 5.41 Å². The van der Waals surface area contributed by atoms with E-state index in [-0.39, 0.29) is 5.41 Å². The SMILES string of the molecule is [c]1cccc2c1-c1ccc[c]c1C2(c1ccccc1)c1ccccc1. The first-order valence-electron chi connectivity index (χ1n) is 8.56. The van der Waals surface area contributed by atoms with Crippen LogP contribution in [0.2, 0.25) is 0 Å². The normalized spacial score (nSPS) is 13.9. The third-order valence-electron chi connectivity index (χ3n) is 5.17. The maximum absolute atomic E-state index is 3.56. The first-order chi connectivity index (χ1) is 12.4. The Morgan fingerprint density at radius 1 is 0.560 bits per heavy atom. The van der Waals surface area contributed by atoms with E-state index in [0.29, 0.717) is 0 Å². The Hall–Kier alpha value is -3.12. The first-order valence-corrected chi connectivity index (χ1v) is 8.56. The van der Waals surface area contributed by atoms with Gasteiger partial charge in [-0.3, -0.25) is 0 Å². The van der Waals surface area contributed by atoms with Crippen LogP contribution in [-0.2, 0) is 5.41 Å². The van der Waals surface area contributed by atoms with E-state index in [9.17, 15) is 0 Å². The summed E-state index contributed by atoms with van der Waals surface area (Å²) in [7, 11) is 0. The first kappa shape index (κ1) is 14.2. The van der Waals surface area contributed by atoms with Gasteiger partial charge in [-0.2, -0.15) is 0 Å². The molecule has 0 heteroatoms. The van der Waals surface area contributed by atoms with Crippen molar-refractivity contribution in [1.82, 2.24) is 0 Å². The quantitative estimate of drug-likeness (QED) is 0.395. The molecule has 0 nitrogen and oxygen atoms in total. The molecular weight excluding hydrogens is 300 g/mol. The standard InChI is InChI=1S/C25H16/c1-3-11-19(12-4-1)25(20-13-5-2-6-14-20)23-17-9-7-15-21(23)22-16-8-10-18-24(22)25/h1-15,18H. The van der Waals surface area contributed by atoms with E-state index in [1.54, 1.807) is 0 Å². The van der Waals surface area contributed by atoms with Gasteiger partial charge in [0.15, 0.2) is 0 Å². The second kappa shape index (κ2) is 5.46. The van der Waals surface area contributed by atoms with Gasteiger partial charge in [0.25, 0.3) is 0 Å². The molecule has 25 heavy (non-hydrogen) atoms. The summed E-state index contributed by atoms with van der Waals surface area (Å²) in [6.45, 7) is 0. The molecule has 5 rings (SSSR count). The van der Waals surface area contributed by atoms with Crippen molar-refractivity contribution in [2.75, 3.05) is 0 Å². The van der Waals surface area contributed by atoms with Gasteiger partial charge >= 0.3 is 0 Å². The summed E-state index contributed by atoms with van der Waals surface area (Å²) in [5.74, 6) is 0. The number of hydrogen-bond donors (Lipinski definition) is 0. The van der Waals surface area contributed by atoms with Crippen molar-refractivity contribution in [3.63, 3.8) is 0 Å². The summed E-state index contributed by atoms with van der Waals surface area (Å²) in [4.78, 5) is 0. The van der Waals surface area contributed by atoms with Gasteiger partial charge in [-0.15, -0.1) is 0 Å². The maximum Gasteiger partial charge on any atom is 0.0719 e. The molecule has 4 aromatic rings. The lowest BCUT2D eigenvalue weighted by atomic mass is 9.68. The van der Waals surface area contributed by atoms with Crippen LogP contribution in [0.1, 0.15) is 22.3 Å². The molecule has 2 radical (unpaired) electrons. The predicted molar refractivity (Wildman–Crippen MR) is 101 cm³/mol. The number of benzene rings is 4. The Balaban J connectivity index is 1.98. The molecule has 0 amide bonds. The van der Waals surface area contributed by atoms with E-state index in [1.165, 1.54) is 33.4 Å².